The average Bonchev–Trinajstić information content (AvgIpc) is 3.33. The van der Waals surface area contributed by atoms with Crippen LogP contribution in [0.4, 0.5) is 5.69 Å². The molecule has 1 aliphatic carbocycles. The summed E-state index contributed by atoms with van der Waals surface area (Å²) in [6.45, 7) is 6.65. The van der Waals surface area contributed by atoms with Crippen LogP contribution in [0.3, 0.4) is 0 Å². The molecule has 0 bridgehead atoms. The highest BCUT2D eigenvalue weighted by Crippen LogP contribution is 2.29. The second-order valence-electron chi connectivity index (χ2n) is 9.45. The third-order valence-corrected chi connectivity index (χ3v) is 6.84. The van der Waals surface area contributed by atoms with Crippen molar-refractivity contribution in [2.45, 2.75) is 58.6 Å². The Morgan fingerprint density at radius 2 is 1.85 bits per heavy atom. The zero-order valence-corrected chi connectivity index (χ0v) is 20.4. The van der Waals surface area contributed by atoms with E-state index in [1.807, 2.05) is 13.8 Å². The smallest absolute Gasteiger partial charge is 0.257 e. The number of anilines is 1. The normalized spacial score (nSPS) is 25.0. The van der Waals surface area contributed by atoms with Gasteiger partial charge in [-0.3, -0.25) is 14.4 Å². The Balaban J connectivity index is 1.91. The molecule has 8 heteroatoms. The third-order valence-electron chi connectivity index (χ3n) is 6.84. The number of methoxy groups -OCH3 is 1. The van der Waals surface area contributed by atoms with Crippen molar-refractivity contribution in [3.63, 3.8) is 0 Å². The first kappa shape index (κ1) is 25.0. The summed E-state index contributed by atoms with van der Waals surface area (Å²) >= 11 is 0. The first-order valence-corrected chi connectivity index (χ1v) is 11.8. The number of nitrogens with one attached hydrogen (secondary N) is 1. The van der Waals surface area contributed by atoms with Crippen molar-refractivity contribution in [3.05, 3.63) is 23.8 Å². The fourth-order valence-electron chi connectivity index (χ4n) is 4.73. The number of amides is 3. The molecule has 0 radical (unpaired) electrons. The van der Waals surface area contributed by atoms with Gasteiger partial charge < -0.3 is 24.6 Å². The molecule has 182 valence electrons. The van der Waals surface area contributed by atoms with Crippen LogP contribution < -0.4 is 10.1 Å². The van der Waals surface area contributed by atoms with Crippen molar-refractivity contribution in [3.8, 4) is 5.75 Å². The minimum absolute atomic E-state index is 0.00122. The Hall–Kier alpha value is -2.61. The fraction of sp³-hybridized carbons (Fsp3) is 0.640. The molecule has 3 rings (SSSR count). The van der Waals surface area contributed by atoms with Crippen LogP contribution in [0.2, 0.25) is 0 Å². The number of hydrogen-bond donors (Lipinski definition) is 1. The number of hydrogen-bond acceptors (Lipinski definition) is 5. The van der Waals surface area contributed by atoms with Gasteiger partial charge in [0.25, 0.3) is 5.91 Å². The Labute approximate surface area is 196 Å². The van der Waals surface area contributed by atoms with Crippen molar-refractivity contribution in [2.75, 3.05) is 39.2 Å². The molecule has 3 atom stereocenters. The lowest BCUT2D eigenvalue weighted by molar-refractivity contribution is -0.133. The van der Waals surface area contributed by atoms with Crippen LogP contribution >= 0.6 is 0 Å². The Bertz CT molecular complexity index is 868. The van der Waals surface area contributed by atoms with Gasteiger partial charge in [0.2, 0.25) is 11.8 Å². The molecule has 1 N–H and O–H groups in total. The largest absolute Gasteiger partial charge is 0.491 e. The molecular weight excluding hydrogens is 422 g/mol. The van der Waals surface area contributed by atoms with Crippen LogP contribution in [0.1, 0.15) is 56.8 Å². The molecule has 1 saturated carbocycles. The van der Waals surface area contributed by atoms with Gasteiger partial charge in [-0.1, -0.05) is 19.8 Å². The van der Waals surface area contributed by atoms with Crippen molar-refractivity contribution in [1.82, 2.24) is 9.80 Å². The van der Waals surface area contributed by atoms with Gasteiger partial charge >= 0.3 is 0 Å². The number of benzene rings is 1. The number of fused-ring (bicyclic) bond motifs is 1. The summed E-state index contributed by atoms with van der Waals surface area (Å²) in [5, 5.41) is 2.97. The van der Waals surface area contributed by atoms with E-state index in [-0.39, 0.29) is 48.3 Å². The highest BCUT2D eigenvalue weighted by Gasteiger charge is 2.29. The minimum Gasteiger partial charge on any atom is -0.491 e. The lowest BCUT2D eigenvalue weighted by Gasteiger charge is -2.35. The topological polar surface area (TPSA) is 88.2 Å². The predicted octanol–water partition coefficient (Wildman–Crippen LogP) is 3.17. The second kappa shape index (κ2) is 11.0. The standard InChI is InChI=1S/C25H37N3O5/c1-16-13-28(18(3)29)17(2)15-33-22-11-10-20(26-24(30)19-8-6-7-9-19)12-21(22)25(31)27(4)14-23(16)32-5/h10-12,16-17,19,23H,6-9,13-15H2,1-5H3,(H,26,30)/t16-,17-,23-/m0/s1. The van der Waals surface area contributed by atoms with Crippen LogP contribution in [0.5, 0.6) is 5.75 Å². The van der Waals surface area contributed by atoms with Crippen LogP contribution in [0.15, 0.2) is 18.2 Å². The second-order valence-corrected chi connectivity index (χ2v) is 9.45. The van der Waals surface area contributed by atoms with E-state index in [2.05, 4.69) is 5.32 Å². The van der Waals surface area contributed by atoms with Gasteiger partial charge in [0.1, 0.15) is 12.4 Å². The van der Waals surface area contributed by atoms with Crippen molar-refractivity contribution in [2.24, 2.45) is 11.8 Å². The quantitative estimate of drug-likeness (QED) is 0.750. The summed E-state index contributed by atoms with van der Waals surface area (Å²) in [7, 11) is 3.35. The lowest BCUT2D eigenvalue weighted by Crippen LogP contribution is -2.48. The zero-order valence-electron chi connectivity index (χ0n) is 20.4. The van der Waals surface area contributed by atoms with Gasteiger partial charge in [-0.05, 0) is 38.0 Å². The van der Waals surface area contributed by atoms with Crippen LogP contribution in [-0.4, -0.2) is 73.5 Å². The number of rotatable bonds is 3. The molecule has 3 amide bonds. The Morgan fingerprint density at radius 1 is 1.15 bits per heavy atom. The molecule has 2 aliphatic rings. The maximum atomic E-state index is 13.4. The Kier molecular flexibility index (Phi) is 8.35. The minimum atomic E-state index is -0.234. The van der Waals surface area contributed by atoms with Crippen LogP contribution in [0, 0.1) is 11.8 Å². The van der Waals surface area contributed by atoms with Crippen LogP contribution in [0.25, 0.3) is 0 Å². The number of carbonyl (C=O) groups is 3. The first-order valence-electron chi connectivity index (χ1n) is 11.8. The third kappa shape index (κ3) is 6.05. The van der Waals surface area contributed by atoms with Gasteiger partial charge in [-0.2, -0.15) is 0 Å². The molecule has 33 heavy (non-hydrogen) atoms. The molecule has 1 aromatic carbocycles. The summed E-state index contributed by atoms with van der Waals surface area (Å²) in [5.74, 6) is 0.257. The molecule has 8 nitrogen and oxygen atoms in total. The van der Waals surface area contributed by atoms with Crippen molar-refractivity contribution in [1.29, 1.82) is 0 Å². The maximum absolute atomic E-state index is 13.4. The van der Waals surface area contributed by atoms with E-state index < -0.39 is 0 Å². The predicted molar refractivity (Wildman–Crippen MR) is 126 cm³/mol. The molecular formula is C25H37N3O5. The first-order chi connectivity index (χ1) is 15.7. The van der Waals surface area contributed by atoms with Crippen molar-refractivity contribution >= 4 is 23.4 Å². The van der Waals surface area contributed by atoms with Crippen molar-refractivity contribution < 1.29 is 23.9 Å². The molecule has 0 spiro atoms. The van der Waals surface area contributed by atoms with E-state index in [1.165, 1.54) is 0 Å². The summed E-state index contributed by atoms with van der Waals surface area (Å²) < 4.78 is 11.7. The van der Waals surface area contributed by atoms with E-state index >= 15 is 0 Å². The highest BCUT2D eigenvalue weighted by atomic mass is 16.5. The van der Waals surface area contributed by atoms with Gasteiger partial charge in [0.05, 0.1) is 17.7 Å². The Morgan fingerprint density at radius 3 is 2.48 bits per heavy atom. The lowest BCUT2D eigenvalue weighted by atomic mass is 10.0. The van der Waals surface area contributed by atoms with Gasteiger partial charge in [-0.15, -0.1) is 0 Å². The van der Waals surface area contributed by atoms with Gasteiger partial charge in [0, 0.05) is 51.7 Å². The van der Waals surface area contributed by atoms with E-state index in [0.29, 0.717) is 30.1 Å². The van der Waals surface area contributed by atoms with Gasteiger partial charge in [-0.25, -0.2) is 0 Å². The van der Waals surface area contributed by atoms with E-state index in [0.717, 1.165) is 25.7 Å². The summed E-state index contributed by atoms with van der Waals surface area (Å²) in [5.41, 5.74) is 0.963. The molecule has 1 fully saturated rings. The number of carbonyl (C=O) groups excluding carboxylic acids is 3. The van der Waals surface area contributed by atoms with Gasteiger partial charge in [0.15, 0.2) is 0 Å². The molecule has 1 aromatic rings. The fourth-order valence-corrected chi connectivity index (χ4v) is 4.73. The number of ether oxygens (including phenoxy) is 2. The number of likely N-dealkylation sites (N-methyl/N-ethyl adjacent to an activating group) is 1. The molecule has 0 aromatic heterocycles. The summed E-state index contributed by atoms with van der Waals surface area (Å²) in [6.07, 6.45) is 3.73. The highest BCUT2D eigenvalue weighted by molar-refractivity contribution is 5.99. The van der Waals surface area contributed by atoms with Crippen LogP contribution in [-0.2, 0) is 14.3 Å². The average molecular weight is 460 g/mol. The maximum Gasteiger partial charge on any atom is 0.257 e. The van der Waals surface area contributed by atoms with E-state index in [9.17, 15) is 14.4 Å². The molecule has 1 aliphatic heterocycles. The summed E-state index contributed by atoms with van der Waals surface area (Å²) in [4.78, 5) is 41.7. The SMILES string of the molecule is CO[C@H]1CN(C)C(=O)c2cc(NC(=O)C3CCCC3)ccc2OC[C@H](C)N(C(C)=O)C[C@@H]1C. The number of nitrogens with zero attached hydrogens (tertiary/aromatic N) is 2. The van der Waals surface area contributed by atoms with E-state index in [4.69, 9.17) is 9.47 Å². The molecule has 0 unspecified atom stereocenters. The molecule has 0 saturated heterocycles. The molecule has 1 heterocycles. The summed E-state index contributed by atoms with van der Waals surface area (Å²) in [6, 6.07) is 4.99. The van der Waals surface area contributed by atoms with E-state index in [1.54, 1.807) is 49.1 Å². The zero-order chi connectivity index (χ0) is 24.1. The monoisotopic (exact) mass is 459 g/mol.